The number of nitrogens with zero attached hydrogens (tertiary/aromatic N) is 5. The maximum Gasteiger partial charge on any atom is 0.343 e. The second-order valence-electron chi connectivity index (χ2n) is 9.61. The van der Waals surface area contributed by atoms with Gasteiger partial charge in [-0.1, -0.05) is 18.2 Å². The molecule has 1 fully saturated rings. The van der Waals surface area contributed by atoms with Crippen molar-refractivity contribution in [3.63, 3.8) is 0 Å². The lowest BCUT2D eigenvalue weighted by Crippen LogP contribution is -2.36. The first-order valence-corrected chi connectivity index (χ1v) is 12.5. The van der Waals surface area contributed by atoms with E-state index >= 15 is 0 Å². The molecule has 0 bridgehead atoms. The second-order valence-corrected chi connectivity index (χ2v) is 9.61. The van der Waals surface area contributed by atoms with Crippen LogP contribution in [0.5, 0.6) is 0 Å². The number of hydrogen-bond donors (Lipinski definition) is 1. The van der Waals surface area contributed by atoms with Gasteiger partial charge in [0.05, 0.1) is 24.0 Å². The SMILES string of the molecule is Cc1cc(F)cc(-c2nn(C(C)c3oc(=O)c4ccccc4c3CN3CCOCC3)c3ncnc(N)c23)c1. The van der Waals surface area contributed by atoms with Gasteiger partial charge >= 0.3 is 5.63 Å². The molecule has 2 aromatic carbocycles. The third kappa shape index (κ3) is 4.21. The Hall–Kier alpha value is -4.15. The summed E-state index contributed by atoms with van der Waals surface area (Å²) in [4.78, 5) is 24.0. The van der Waals surface area contributed by atoms with E-state index < -0.39 is 11.7 Å². The number of nitrogen functional groups attached to an aromatic ring is 1. The van der Waals surface area contributed by atoms with E-state index in [1.54, 1.807) is 10.7 Å². The topological polar surface area (TPSA) is 112 Å². The van der Waals surface area contributed by atoms with E-state index in [0.717, 1.165) is 29.6 Å². The zero-order chi connectivity index (χ0) is 26.4. The zero-order valence-corrected chi connectivity index (χ0v) is 21.1. The molecule has 1 aliphatic rings. The number of nitrogens with two attached hydrogens (primary N) is 1. The Labute approximate surface area is 217 Å². The molecule has 1 atom stereocenters. The number of aromatic nitrogens is 4. The van der Waals surface area contributed by atoms with Crippen LogP contribution >= 0.6 is 0 Å². The highest BCUT2D eigenvalue weighted by atomic mass is 19.1. The number of aryl methyl sites for hydroxylation is 1. The van der Waals surface area contributed by atoms with Crippen molar-refractivity contribution < 1.29 is 13.5 Å². The van der Waals surface area contributed by atoms with E-state index in [1.807, 2.05) is 38.1 Å². The molecule has 0 amide bonds. The Balaban J connectivity index is 1.56. The Bertz CT molecular complexity index is 1700. The van der Waals surface area contributed by atoms with Crippen LogP contribution in [-0.2, 0) is 11.3 Å². The Morgan fingerprint density at radius 3 is 2.63 bits per heavy atom. The third-order valence-electron chi connectivity index (χ3n) is 7.04. The molecule has 0 spiro atoms. The van der Waals surface area contributed by atoms with Crippen molar-refractivity contribution in [2.24, 2.45) is 0 Å². The lowest BCUT2D eigenvalue weighted by molar-refractivity contribution is 0.0338. The molecule has 3 aromatic heterocycles. The number of rotatable bonds is 5. The van der Waals surface area contributed by atoms with E-state index in [0.29, 0.717) is 53.2 Å². The summed E-state index contributed by atoms with van der Waals surface area (Å²) in [5, 5.41) is 6.73. The van der Waals surface area contributed by atoms with Gasteiger partial charge in [0.1, 0.15) is 35.5 Å². The Morgan fingerprint density at radius 2 is 1.87 bits per heavy atom. The second kappa shape index (κ2) is 9.62. The molecule has 0 saturated carbocycles. The van der Waals surface area contributed by atoms with Crippen molar-refractivity contribution in [1.82, 2.24) is 24.6 Å². The van der Waals surface area contributed by atoms with Crippen LogP contribution in [0.4, 0.5) is 10.2 Å². The van der Waals surface area contributed by atoms with Crippen LogP contribution in [0.25, 0.3) is 33.1 Å². The molecule has 0 radical (unpaired) electrons. The van der Waals surface area contributed by atoms with Crippen molar-refractivity contribution in [2.75, 3.05) is 32.0 Å². The molecule has 194 valence electrons. The fourth-order valence-corrected chi connectivity index (χ4v) is 5.21. The standard InChI is InChI=1S/C28H27FN6O3/c1-16-11-18(13-19(29)12-16)24-23-26(30)31-15-32-27(23)35(33-24)17(2)25-22(14-34-7-9-37-10-8-34)20-5-3-4-6-21(20)28(36)38-25/h3-6,11-13,15,17H,7-10,14H2,1-2H3,(H2,30,31,32). The van der Waals surface area contributed by atoms with Crippen LogP contribution in [0, 0.1) is 12.7 Å². The summed E-state index contributed by atoms with van der Waals surface area (Å²) in [5.74, 6) is 0.349. The minimum atomic E-state index is -0.524. The van der Waals surface area contributed by atoms with E-state index in [9.17, 15) is 9.18 Å². The first-order chi connectivity index (χ1) is 18.4. The summed E-state index contributed by atoms with van der Waals surface area (Å²) < 4.78 is 27.6. The number of fused-ring (bicyclic) bond motifs is 2. The summed E-state index contributed by atoms with van der Waals surface area (Å²) in [6.45, 7) is 7.15. The summed E-state index contributed by atoms with van der Waals surface area (Å²) in [7, 11) is 0. The number of anilines is 1. The van der Waals surface area contributed by atoms with E-state index in [1.165, 1.54) is 18.5 Å². The van der Waals surface area contributed by atoms with Gasteiger partial charge in [0.2, 0.25) is 0 Å². The van der Waals surface area contributed by atoms with Gasteiger partial charge in [-0.2, -0.15) is 5.10 Å². The normalized spacial score (nSPS) is 15.3. The molecule has 5 aromatic rings. The molecule has 2 N–H and O–H groups in total. The highest BCUT2D eigenvalue weighted by Gasteiger charge is 2.27. The lowest BCUT2D eigenvalue weighted by Gasteiger charge is -2.28. The molecule has 1 saturated heterocycles. The molecule has 6 rings (SSSR count). The average molecular weight is 515 g/mol. The van der Waals surface area contributed by atoms with Crippen molar-refractivity contribution in [2.45, 2.75) is 26.4 Å². The smallest absolute Gasteiger partial charge is 0.343 e. The fraction of sp³-hybridized carbons (Fsp3) is 0.286. The molecule has 0 aliphatic carbocycles. The van der Waals surface area contributed by atoms with Gasteiger partial charge < -0.3 is 14.9 Å². The van der Waals surface area contributed by atoms with Crippen molar-refractivity contribution >= 4 is 27.6 Å². The molecule has 4 heterocycles. The fourth-order valence-electron chi connectivity index (χ4n) is 5.21. The maximum absolute atomic E-state index is 14.4. The molecular weight excluding hydrogens is 487 g/mol. The monoisotopic (exact) mass is 514 g/mol. The van der Waals surface area contributed by atoms with Crippen LogP contribution in [0.1, 0.15) is 29.9 Å². The van der Waals surface area contributed by atoms with Crippen LogP contribution in [0.2, 0.25) is 0 Å². The maximum atomic E-state index is 14.4. The number of morpholine rings is 1. The van der Waals surface area contributed by atoms with Crippen molar-refractivity contribution in [1.29, 1.82) is 0 Å². The molecule has 10 heteroatoms. The largest absolute Gasteiger partial charge is 0.425 e. The van der Waals surface area contributed by atoms with E-state index in [-0.39, 0.29) is 11.6 Å². The predicted molar refractivity (Wildman–Crippen MR) is 142 cm³/mol. The van der Waals surface area contributed by atoms with Crippen LogP contribution < -0.4 is 11.4 Å². The third-order valence-corrected chi connectivity index (χ3v) is 7.04. The summed E-state index contributed by atoms with van der Waals surface area (Å²) >= 11 is 0. The Kier molecular flexibility index (Phi) is 6.13. The molecule has 9 nitrogen and oxygen atoms in total. The van der Waals surface area contributed by atoms with Crippen molar-refractivity contribution in [3.05, 3.63) is 81.9 Å². The average Bonchev–Trinajstić information content (AvgIpc) is 3.31. The molecule has 38 heavy (non-hydrogen) atoms. The zero-order valence-electron chi connectivity index (χ0n) is 21.1. The van der Waals surface area contributed by atoms with Crippen LogP contribution in [0.3, 0.4) is 0 Å². The van der Waals surface area contributed by atoms with Gasteiger partial charge in [0, 0.05) is 30.8 Å². The van der Waals surface area contributed by atoms with Crippen molar-refractivity contribution in [3.8, 4) is 11.3 Å². The highest BCUT2D eigenvalue weighted by molar-refractivity contribution is 5.98. The van der Waals surface area contributed by atoms with Gasteiger partial charge in [-0.15, -0.1) is 0 Å². The van der Waals surface area contributed by atoms with E-state index in [2.05, 4.69) is 14.9 Å². The van der Waals surface area contributed by atoms with Gasteiger partial charge in [-0.05, 0) is 49.1 Å². The van der Waals surface area contributed by atoms with Gasteiger partial charge in [-0.25, -0.2) is 23.8 Å². The predicted octanol–water partition coefficient (Wildman–Crippen LogP) is 4.07. The lowest BCUT2D eigenvalue weighted by atomic mass is 10.0. The number of benzene rings is 2. The summed E-state index contributed by atoms with van der Waals surface area (Å²) in [6, 6.07) is 11.6. The number of ether oxygens (including phenoxy) is 1. The first kappa shape index (κ1) is 24.2. The molecular formula is C28H27FN6O3. The minimum absolute atomic E-state index is 0.235. The highest BCUT2D eigenvalue weighted by Crippen LogP contribution is 2.35. The molecule has 1 aliphatic heterocycles. The van der Waals surface area contributed by atoms with Gasteiger partial charge in [-0.3, -0.25) is 4.90 Å². The Morgan fingerprint density at radius 1 is 1.11 bits per heavy atom. The quantitative estimate of drug-likeness (QED) is 0.374. The number of hydrogen-bond acceptors (Lipinski definition) is 8. The van der Waals surface area contributed by atoms with Gasteiger partial charge in [0.25, 0.3) is 0 Å². The number of halogens is 1. The summed E-state index contributed by atoms with van der Waals surface area (Å²) in [6.07, 6.45) is 1.37. The van der Waals surface area contributed by atoms with Crippen LogP contribution in [-0.4, -0.2) is 51.0 Å². The van der Waals surface area contributed by atoms with Crippen LogP contribution in [0.15, 0.2) is 58.0 Å². The minimum Gasteiger partial charge on any atom is -0.425 e. The van der Waals surface area contributed by atoms with Gasteiger partial charge in [0.15, 0.2) is 5.65 Å². The molecule has 1 unspecified atom stereocenters. The first-order valence-electron chi connectivity index (χ1n) is 12.5. The summed E-state index contributed by atoms with van der Waals surface area (Å²) in [5.41, 5.74) is 9.02. The van der Waals surface area contributed by atoms with E-state index in [4.69, 9.17) is 20.0 Å².